The van der Waals surface area contributed by atoms with Gasteiger partial charge in [-0.2, -0.15) is 0 Å². The van der Waals surface area contributed by atoms with Gasteiger partial charge in [-0.1, -0.05) is 17.7 Å². The fourth-order valence-electron chi connectivity index (χ4n) is 3.11. The van der Waals surface area contributed by atoms with Crippen molar-refractivity contribution >= 4 is 11.6 Å². The van der Waals surface area contributed by atoms with Crippen LogP contribution in [-0.2, 0) is 5.60 Å². The summed E-state index contributed by atoms with van der Waals surface area (Å²) in [7, 11) is 0. The molecule has 134 valence electrons. The van der Waals surface area contributed by atoms with Crippen LogP contribution in [0.4, 0.5) is 0 Å². The third-order valence-corrected chi connectivity index (χ3v) is 4.96. The highest BCUT2D eigenvalue weighted by Crippen LogP contribution is 2.32. The second-order valence-electron chi connectivity index (χ2n) is 6.38. The fourth-order valence-corrected chi connectivity index (χ4v) is 3.24. The lowest BCUT2D eigenvalue weighted by Crippen LogP contribution is -2.47. The zero-order valence-electron chi connectivity index (χ0n) is 14.0. The lowest BCUT2D eigenvalue weighted by Gasteiger charge is -2.40. The van der Waals surface area contributed by atoms with Gasteiger partial charge < -0.3 is 14.9 Å². The molecule has 1 aliphatic heterocycles. The van der Waals surface area contributed by atoms with E-state index in [0.717, 1.165) is 11.3 Å². The molecule has 3 rings (SSSR count). The molecular weight excluding hydrogens is 340 g/mol. The number of hydrogen-bond donors (Lipinski definition) is 2. The number of aliphatic hydroxyl groups is 2. The standard InChI is InChI=1S/C19H23ClN2O3/c20-16-3-5-17(6-4-16)25-13-7-18(23)22-11-8-19(24,9-12-22)15-2-1-10-21-14-15/h1-6,10,14,18,23-24H,7-9,11-13H2/t18-/m1/s1. The first kappa shape index (κ1) is 18.1. The van der Waals surface area contributed by atoms with Crippen LogP contribution in [0.3, 0.4) is 0 Å². The molecule has 0 bridgehead atoms. The number of rotatable bonds is 6. The number of ether oxygens (including phenoxy) is 1. The predicted octanol–water partition coefficient (Wildman–Crippen LogP) is 2.81. The van der Waals surface area contributed by atoms with Crippen LogP contribution in [0.5, 0.6) is 5.75 Å². The molecule has 0 saturated carbocycles. The van der Waals surface area contributed by atoms with Gasteiger partial charge in [-0.15, -0.1) is 0 Å². The molecule has 1 saturated heterocycles. The van der Waals surface area contributed by atoms with Gasteiger partial charge in [-0.05, 0) is 43.2 Å². The molecule has 2 aromatic rings. The lowest BCUT2D eigenvalue weighted by atomic mass is 9.85. The van der Waals surface area contributed by atoms with Gasteiger partial charge in [0, 0.05) is 42.5 Å². The summed E-state index contributed by atoms with van der Waals surface area (Å²) in [6, 6.07) is 10.9. The van der Waals surface area contributed by atoms with Crippen LogP contribution in [0.1, 0.15) is 24.8 Å². The van der Waals surface area contributed by atoms with Crippen LogP contribution in [0.2, 0.25) is 5.02 Å². The van der Waals surface area contributed by atoms with Crippen molar-refractivity contribution in [1.82, 2.24) is 9.88 Å². The van der Waals surface area contributed by atoms with E-state index in [9.17, 15) is 10.2 Å². The zero-order valence-corrected chi connectivity index (χ0v) is 14.8. The van der Waals surface area contributed by atoms with Crippen molar-refractivity contribution in [2.24, 2.45) is 0 Å². The molecule has 5 nitrogen and oxygen atoms in total. The maximum atomic E-state index is 10.8. The van der Waals surface area contributed by atoms with E-state index in [0.29, 0.717) is 44.0 Å². The minimum atomic E-state index is -0.857. The summed E-state index contributed by atoms with van der Waals surface area (Å²) in [6.45, 7) is 1.69. The first-order chi connectivity index (χ1) is 12.1. The quantitative estimate of drug-likeness (QED) is 0.827. The van der Waals surface area contributed by atoms with Crippen LogP contribution in [0.15, 0.2) is 48.8 Å². The van der Waals surface area contributed by atoms with Crippen molar-refractivity contribution in [3.05, 3.63) is 59.4 Å². The van der Waals surface area contributed by atoms with Crippen molar-refractivity contribution < 1.29 is 14.9 Å². The molecule has 0 radical (unpaired) electrons. The van der Waals surface area contributed by atoms with Gasteiger partial charge in [0.1, 0.15) is 12.0 Å². The smallest absolute Gasteiger partial charge is 0.119 e. The number of halogens is 1. The molecule has 1 aliphatic rings. The van der Waals surface area contributed by atoms with Gasteiger partial charge in [0.15, 0.2) is 0 Å². The molecule has 25 heavy (non-hydrogen) atoms. The van der Waals surface area contributed by atoms with E-state index < -0.39 is 11.8 Å². The summed E-state index contributed by atoms with van der Waals surface area (Å²) < 4.78 is 5.63. The Hall–Kier alpha value is -1.66. The number of likely N-dealkylation sites (tertiary alicyclic amines) is 1. The highest BCUT2D eigenvalue weighted by molar-refractivity contribution is 6.30. The van der Waals surface area contributed by atoms with Crippen molar-refractivity contribution in [3.8, 4) is 5.75 Å². The molecular formula is C19H23ClN2O3. The van der Waals surface area contributed by atoms with Crippen LogP contribution in [-0.4, -0.2) is 46.0 Å². The van der Waals surface area contributed by atoms with Gasteiger partial charge in [0.2, 0.25) is 0 Å². The summed E-state index contributed by atoms with van der Waals surface area (Å²) >= 11 is 5.84. The summed E-state index contributed by atoms with van der Waals surface area (Å²) in [5, 5.41) is 21.8. The molecule has 1 aromatic carbocycles. The number of hydrogen-bond acceptors (Lipinski definition) is 5. The SMILES string of the molecule is O[C@H](CCOc1ccc(Cl)cc1)N1CCC(O)(c2cccnc2)CC1. The Morgan fingerprint density at radius 3 is 2.56 bits per heavy atom. The summed E-state index contributed by atoms with van der Waals surface area (Å²) in [5.74, 6) is 0.737. The normalized spacial score (nSPS) is 18.7. The second-order valence-corrected chi connectivity index (χ2v) is 6.82. The average molecular weight is 363 g/mol. The van der Waals surface area contributed by atoms with Gasteiger partial charge in [0.05, 0.1) is 12.2 Å². The summed E-state index contributed by atoms with van der Waals surface area (Å²) in [4.78, 5) is 6.07. The molecule has 1 atom stereocenters. The first-order valence-corrected chi connectivity index (χ1v) is 8.88. The molecule has 6 heteroatoms. The van der Waals surface area contributed by atoms with Gasteiger partial charge in [-0.3, -0.25) is 9.88 Å². The highest BCUT2D eigenvalue weighted by Gasteiger charge is 2.35. The molecule has 1 aromatic heterocycles. The van der Waals surface area contributed by atoms with Crippen molar-refractivity contribution in [2.45, 2.75) is 31.1 Å². The number of aromatic nitrogens is 1. The minimum absolute atomic E-state index is 0.423. The summed E-state index contributed by atoms with van der Waals surface area (Å²) in [5.41, 5.74) is -0.0141. The van der Waals surface area contributed by atoms with Gasteiger partial charge in [0.25, 0.3) is 0 Å². The summed E-state index contributed by atoms with van der Waals surface area (Å²) in [6.07, 6.45) is 4.50. The monoisotopic (exact) mass is 362 g/mol. The largest absolute Gasteiger partial charge is 0.493 e. The van der Waals surface area contributed by atoms with Crippen molar-refractivity contribution in [3.63, 3.8) is 0 Å². The molecule has 0 spiro atoms. The Balaban J connectivity index is 1.45. The number of pyridine rings is 1. The topological polar surface area (TPSA) is 65.8 Å². The van der Waals surface area contributed by atoms with E-state index in [1.807, 2.05) is 29.2 Å². The molecule has 2 N–H and O–H groups in total. The molecule has 0 aliphatic carbocycles. The van der Waals surface area contributed by atoms with E-state index in [1.54, 1.807) is 24.5 Å². The number of aliphatic hydroxyl groups excluding tert-OH is 1. The van der Waals surface area contributed by atoms with Gasteiger partial charge >= 0.3 is 0 Å². The van der Waals surface area contributed by atoms with Crippen molar-refractivity contribution in [2.75, 3.05) is 19.7 Å². The van der Waals surface area contributed by atoms with E-state index >= 15 is 0 Å². The first-order valence-electron chi connectivity index (χ1n) is 8.50. The number of nitrogens with zero attached hydrogens (tertiary/aromatic N) is 2. The Kier molecular flexibility index (Phi) is 5.91. The van der Waals surface area contributed by atoms with Crippen LogP contribution in [0, 0.1) is 0 Å². The van der Waals surface area contributed by atoms with Gasteiger partial charge in [-0.25, -0.2) is 0 Å². The third-order valence-electron chi connectivity index (χ3n) is 4.70. The fraction of sp³-hybridized carbons (Fsp3) is 0.421. The van der Waals surface area contributed by atoms with Crippen LogP contribution in [0.25, 0.3) is 0 Å². The van der Waals surface area contributed by atoms with Crippen molar-refractivity contribution in [1.29, 1.82) is 0 Å². The zero-order chi connectivity index (χ0) is 17.7. The minimum Gasteiger partial charge on any atom is -0.493 e. The predicted molar refractivity (Wildman–Crippen MR) is 96.5 cm³/mol. The second kappa shape index (κ2) is 8.15. The Labute approximate surface area is 152 Å². The van der Waals surface area contributed by atoms with Crippen LogP contribution < -0.4 is 4.74 Å². The van der Waals surface area contributed by atoms with E-state index in [4.69, 9.17) is 16.3 Å². The average Bonchev–Trinajstić information content (AvgIpc) is 2.64. The van der Waals surface area contributed by atoms with E-state index in [1.165, 1.54) is 0 Å². The van der Waals surface area contributed by atoms with E-state index in [2.05, 4.69) is 4.98 Å². The molecule has 0 unspecified atom stereocenters. The maximum Gasteiger partial charge on any atom is 0.119 e. The number of piperidine rings is 1. The Bertz CT molecular complexity index is 658. The molecule has 2 heterocycles. The van der Waals surface area contributed by atoms with Crippen LogP contribution >= 0.6 is 11.6 Å². The highest BCUT2D eigenvalue weighted by atomic mass is 35.5. The lowest BCUT2D eigenvalue weighted by molar-refractivity contribution is -0.0820. The number of benzene rings is 1. The third kappa shape index (κ3) is 4.70. The molecule has 0 amide bonds. The Morgan fingerprint density at radius 2 is 1.92 bits per heavy atom. The Morgan fingerprint density at radius 1 is 1.20 bits per heavy atom. The molecule has 1 fully saturated rings. The van der Waals surface area contributed by atoms with E-state index in [-0.39, 0.29) is 0 Å². The maximum absolute atomic E-state index is 10.8.